The zero-order valence-electron chi connectivity index (χ0n) is 16.4. The molecule has 0 saturated carbocycles. The van der Waals surface area contributed by atoms with Crippen LogP contribution in [0.4, 0.5) is 0 Å². The van der Waals surface area contributed by atoms with Crippen LogP contribution in [-0.2, 0) is 19.1 Å². The number of hydrogen-bond acceptors (Lipinski definition) is 13. The monoisotopic (exact) mass is 442 g/mol. The number of aliphatic hydroxyl groups is 8. The van der Waals surface area contributed by atoms with E-state index in [4.69, 9.17) is 25.4 Å². The van der Waals surface area contributed by atoms with Crippen LogP contribution in [-0.4, -0.2) is 127 Å². The third-order valence-corrected chi connectivity index (χ3v) is 4.84. The number of Topliss-reactive ketones (excluding diaryl/α,β-unsaturated/α-hetero) is 1. The van der Waals surface area contributed by atoms with Gasteiger partial charge in [0.1, 0.15) is 42.7 Å². The number of aliphatic hydroxyl groups excluding tert-OH is 7. The van der Waals surface area contributed by atoms with Crippen LogP contribution in [0.25, 0.3) is 0 Å². The number of ether oxygens (including phenoxy) is 2. The number of amides is 1. The van der Waals surface area contributed by atoms with Gasteiger partial charge in [0.05, 0.1) is 19.3 Å². The molecule has 1 amide bonds. The molecule has 2 saturated heterocycles. The van der Waals surface area contributed by atoms with Crippen molar-refractivity contribution in [2.45, 2.75) is 74.6 Å². The molecule has 2 aliphatic heterocycles. The highest BCUT2D eigenvalue weighted by atomic mass is 16.7. The van der Waals surface area contributed by atoms with Crippen molar-refractivity contribution in [3.63, 3.8) is 0 Å². The minimum absolute atomic E-state index is 0.462. The van der Waals surface area contributed by atoms with Gasteiger partial charge in [0.15, 0.2) is 12.1 Å². The Labute approximate surface area is 171 Å². The third-order valence-electron chi connectivity index (χ3n) is 4.84. The maximum Gasteiger partial charge on any atom is 0.244 e. The standard InChI is InChI=1S/2C8H15NO6/c1-3(11)9-5-7(13)6(12)4(2-10)15-8(5)14;1-3(11)8(14)7(9)6(13)5(12)4(2-10)15-8/h4-8,10,12-14H,2H2,1H3,(H,9,11);4-7,10,12-14H,2,9H2,1H3/t2*4-,5-,6+,7-,8?/m11/s1. The number of carbonyl (C=O) groups excluding carboxylic acids is 2. The average molecular weight is 442 g/mol. The van der Waals surface area contributed by atoms with E-state index < -0.39 is 85.7 Å². The average Bonchev–Trinajstić information content (AvgIpc) is 2.69. The molecule has 10 atom stereocenters. The summed E-state index contributed by atoms with van der Waals surface area (Å²) in [6.07, 6.45) is -9.46. The summed E-state index contributed by atoms with van der Waals surface area (Å²) >= 11 is 0. The normalized spacial score (nSPS) is 43.9. The van der Waals surface area contributed by atoms with Crippen molar-refractivity contribution in [3.8, 4) is 0 Å². The Morgan fingerprint density at radius 3 is 1.87 bits per heavy atom. The van der Waals surface area contributed by atoms with Crippen LogP contribution in [0.1, 0.15) is 13.8 Å². The van der Waals surface area contributed by atoms with Crippen molar-refractivity contribution in [2.24, 2.45) is 5.73 Å². The quantitative estimate of drug-likeness (QED) is 0.195. The Morgan fingerprint density at radius 2 is 1.43 bits per heavy atom. The van der Waals surface area contributed by atoms with E-state index in [1.807, 2.05) is 0 Å². The predicted molar refractivity (Wildman–Crippen MR) is 95.2 cm³/mol. The maximum atomic E-state index is 11.1. The molecule has 2 rings (SSSR count). The first-order valence-corrected chi connectivity index (χ1v) is 9.03. The summed E-state index contributed by atoms with van der Waals surface area (Å²) in [4.78, 5) is 21.9. The van der Waals surface area contributed by atoms with Gasteiger partial charge in [-0.2, -0.15) is 0 Å². The zero-order chi connectivity index (χ0) is 23.4. The van der Waals surface area contributed by atoms with Gasteiger partial charge in [-0.05, 0) is 0 Å². The zero-order valence-corrected chi connectivity index (χ0v) is 16.4. The largest absolute Gasteiger partial charge is 0.394 e. The number of rotatable bonds is 4. The summed E-state index contributed by atoms with van der Waals surface area (Å²) in [6, 6.07) is -2.55. The van der Waals surface area contributed by atoms with Crippen molar-refractivity contribution in [1.82, 2.24) is 5.32 Å². The van der Waals surface area contributed by atoms with Gasteiger partial charge in [-0.1, -0.05) is 0 Å². The molecule has 0 radical (unpaired) electrons. The number of nitrogens with one attached hydrogen (secondary N) is 1. The molecule has 0 aromatic rings. The van der Waals surface area contributed by atoms with Crippen LogP contribution in [0, 0.1) is 0 Å². The van der Waals surface area contributed by atoms with Gasteiger partial charge >= 0.3 is 0 Å². The Morgan fingerprint density at radius 1 is 0.933 bits per heavy atom. The van der Waals surface area contributed by atoms with E-state index in [0.29, 0.717) is 0 Å². The summed E-state index contributed by atoms with van der Waals surface area (Å²) in [5, 5.41) is 76.8. The van der Waals surface area contributed by atoms with Crippen LogP contribution >= 0.6 is 0 Å². The van der Waals surface area contributed by atoms with Gasteiger partial charge < -0.3 is 61.4 Å². The molecule has 2 unspecified atom stereocenters. The van der Waals surface area contributed by atoms with E-state index in [1.165, 1.54) is 6.92 Å². The topological polar surface area (TPSA) is 252 Å². The molecular weight excluding hydrogens is 412 g/mol. The second-order valence-electron chi connectivity index (χ2n) is 7.05. The van der Waals surface area contributed by atoms with Crippen LogP contribution in [0.3, 0.4) is 0 Å². The van der Waals surface area contributed by atoms with Gasteiger partial charge in [0.25, 0.3) is 0 Å². The van der Waals surface area contributed by atoms with Crippen LogP contribution in [0.5, 0.6) is 0 Å². The minimum atomic E-state index is -2.37. The summed E-state index contributed by atoms with van der Waals surface area (Å²) < 4.78 is 9.61. The maximum absolute atomic E-state index is 11.1. The highest BCUT2D eigenvalue weighted by Gasteiger charge is 2.54. The molecule has 176 valence electrons. The Hall–Kier alpha value is -1.30. The molecule has 2 fully saturated rings. The lowest BCUT2D eigenvalue weighted by molar-refractivity contribution is -0.296. The number of carbonyl (C=O) groups is 2. The third kappa shape index (κ3) is 5.68. The van der Waals surface area contributed by atoms with Crippen LogP contribution in [0.15, 0.2) is 0 Å². The van der Waals surface area contributed by atoms with Crippen molar-refractivity contribution in [2.75, 3.05) is 13.2 Å². The molecule has 0 bridgehead atoms. The first-order valence-electron chi connectivity index (χ1n) is 9.03. The molecule has 2 heterocycles. The van der Waals surface area contributed by atoms with Gasteiger partial charge in [-0.25, -0.2) is 0 Å². The Balaban J connectivity index is 0.000000300. The lowest BCUT2D eigenvalue weighted by atomic mass is 9.89. The molecule has 2 aliphatic rings. The van der Waals surface area contributed by atoms with E-state index in [1.54, 1.807) is 0 Å². The van der Waals surface area contributed by atoms with Crippen molar-refractivity contribution >= 4 is 11.7 Å². The Kier molecular flexibility index (Phi) is 9.65. The molecule has 0 spiro atoms. The van der Waals surface area contributed by atoms with Crippen LogP contribution < -0.4 is 11.1 Å². The van der Waals surface area contributed by atoms with E-state index in [-0.39, 0.29) is 0 Å². The number of nitrogens with two attached hydrogens (primary N) is 1. The summed E-state index contributed by atoms with van der Waals surface area (Å²) in [5.41, 5.74) is 5.38. The molecule has 30 heavy (non-hydrogen) atoms. The highest BCUT2D eigenvalue weighted by molar-refractivity contribution is 5.84. The van der Waals surface area contributed by atoms with Crippen molar-refractivity contribution in [1.29, 1.82) is 0 Å². The lowest BCUT2D eigenvalue weighted by Crippen LogP contribution is -2.70. The fourth-order valence-electron chi connectivity index (χ4n) is 2.99. The molecule has 0 aromatic carbocycles. The van der Waals surface area contributed by atoms with Gasteiger partial charge in [0.2, 0.25) is 11.7 Å². The highest BCUT2D eigenvalue weighted by Crippen LogP contribution is 2.27. The smallest absolute Gasteiger partial charge is 0.244 e. The van der Waals surface area contributed by atoms with Gasteiger partial charge in [0, 0.05) is 13.8 Å². The molecule has 11 N–H and O–H groups in total. The van der Waals surface area contributed by atoms with Crippen molar-refractivity contribution in [3.05, 3.63) is 0 Å². The first-order chi connectivity index (χ1) is 13.8. The predicted octanol–water partition coefficient (Wildman–Crippen LogP) is -6.37. The van der Waals surface area contributed by atoms with E-state index >= 15 is 0 Å². The van der Waals surface area contributed by atoms with Crippen LogP contribution in [0.2, 0.25) is 0 Å². The molecule has 0 aromatic heterocycles. The molecule has 14 nitrogen and oxygen atoms in total. The first kappa shape index (κ1) is 26.7. The minimum Gasteiger partial charge on any atom is -0.394 e. The van der Waals surface area contributed by atoms with E-state index in [9.17, 15) is 40.2 Å². The molecule has 0 aliphatic carbocycles. The summed E-state index contributed by atoms with van der Waals surface area (Å²) in [7, 11) is 0. The summed E-state index contributed by atoms with van der Waals surface area (Å²) in [6.45, 7) is 1.09. The molecule has 14 heteroatoms. The second kappa shape index (κ2) is 10.8. The van der Waals surface area contributed by atoms with Gasteiger partial charge in [-0.15, -0.1) is 0 Å². The fraction of sp³-hybridized carbons (Fsp3) is 0.875. The fourth-order valence-corrected chi connectivity index (χ4v) is 2.99. The lowest BCUT2D eigenvalue weighted by Gasteiger charge is -2.44. The summed E-state index contributed by atoms with van der Waals surface area (Å²) in [5.74, 6) is -3.62. The number of hydrogen-bond donors (Lipinski definition) is 10. The second-order valence-corrected chi connectivity index (χ2v) is 7.05. The van der Waals surface area contributed by atoms with Gasteiger partial charge in [-0.3, -0.25) is 9.59 Å². The Bertz CT molecular complexity index is 584. The SMILES string of the molecule is CC(=O)C1(O)O[C@H](CO)[C@@H](O)[C@H](O)[C@H]1N.CC(=O)N[C@H]1C(O)O[C@H](CO)[C@H](O)[C@@H]1O. The van der Waals surface area contributed by atoms with E-state index in [2.05, 4.69) is 5.32 Å². The van der Waals surface area contributed by atoms with Crippen molar-refractivity contribution < 1.29 is 59.9 Å². The molecular formula is C16H30N2O12. The van der Waals surface area contributed by atoms with E-state index in [0.717, 1.165) is 6.92 Å². The number of ketones is 1.